The van der Waals surface area contributed by atoms with Crippen molar-refractivity contribution in [1.29, 1.82) is 0 Å². The predicted octanol–water partition coefficient (Wildman–Crippen LogP) is 21.1. The maximum Gasteiger partial charge on any atom is 0.297 e. The van der Waals surface area contributed by atoms with Crippen LogP contribution in [0.25, 0.3) is 22.1 Å². The van der Waals surface area contributed by atoms with Crippen molar-refractivity contribution in [3.8, 4) is 11.1 Å². The number of furan rings is 1. The van der Waals surface area contributed by atoms with E-state index in [-0.39, 0.29) is 50.0 Å². The van der Waals surface area contributed by atoms with Gasteiger partial charge in [-0.3, -0.25) is 0 Å². The molecule has 0 unspecified atom stereocenters. The van der Waals surface area contributed by atoms with Crippen LogP contribution in [-0.4, -0.2) is 6.71 Å². The highest BCUT2D eigenvalue weighted by Crippen LogP contribution is 2.61. The topological polar surface area (TPSA) is 22.9 Å². The third-order valence-electron chi connectivity index (χ3n) is 24.5. The lowest BCUT2D eigenvalue weighted by Gasteiger charge is -2.52. The Balaban J connectivity index is 1.11. The molecule has 0 spiro atoms. The maximum absolute atomic E-state index is 8.04. The molecule has 0 atom stereocenters. The molecule has 4 nitrogen and oxygen atoms in total. The zero-order chi connectivity index (χ0) is 61.2. The molecule has 1 fully saturated rings. The molecule has 3 heterocycles. The minimum Gasteiger partial charge on any atom is -0.468 e. The molecule has 6 aliphatic carbocycles. The average molecular weight is 1160 g/mol. The van der Waals surface area contributed by atoms with Gasteiger partial charge in [0.25, 0.3) is 6.71 Å². The molecule has 0 saturated heterocycles. The molecule has 88 heavy (non-hydrogen) atoms. The zero-order valence-corrected chi connectivity index (χ0v) is 55.3. The molecule has 8 aliphatic rings. The van der Waals surface area contributed by atoms with Gasteiger partial charge in [0.1, 0.15) is 5.58 Å². The van der Waals surface area contributed by atoms with Crippen LogP contribution in [-0.2, 0) is 43.3 Å². The van der Waals surface area contributed by atoms with Crippen molar-refractivity contribution in [3.63, 3.8) is 0 Å². The second-order valence-corrected chi connectivity index (χ2v) is 33.0. The highest BCUT2D eigenvalue weighted by molar-refractivity contribution is 7.00. The largest absolute Gasteiger partial charge is 0.468 e. The smallest absolute Gasteiger partial charge is 0.297 e. The van der Waals surface area contributed by atoms with E-state index in [0.717, 1.165) is 61.1 Å². The van der Waals surface area contributed by atoms with Gasteiger partial charge in [-0.2, -0.15) is 0 Å². The molecule has 5 heteroatoms. The molecular weight excluding hydrogens is 1070 g/mol. The number of aryl methyl sites for hydroxylation is 1. The second-order valence-electron chi connectivity index (χ2n) is 33.0. The van der Waals surface area contributed by atoms with Crippen LogP contribution in [0.3, 0.4) is 0 Å². The molecular formula is C83H90BN3O. The van der Waals surface area contributed by atoms with Gasteiger partial charge in [-0.1, -0.05) is 182 Å². The second kappa shape index (κ2) is 18.5. The van der Waals surface area contributed by atoms with Gasteiger partial charge in [-0.05, 0) is 248 Å². The lowest BCUT2D eigenvalue weighted by atomic mass is 9.35. The molecule has 2 bridgehead atoms. The van der Waals surface area contributed by atoms with E-state index in [4.69, 9.17) is 4.42 Å². The van der Waals surface area contributed by atoms with Crippen LogP contribution >= 0.6 is 0 Å². The Labute approximate surface area is 525 Å². The van der Waals surface area contributed by atoms with Crippen molar-refractivity contribution >= 4 is 85.5 Å². The van der Waals surface area contributed by atoms with E-state index in [1.165, 1.54) is 143 Å². The predicted molar refractivity (Wildman–Crippen MR) is 374 cm³/mol. The van der Waals surface area contributed by atoms with Crippen LogP contribution in [0.4, 0.5) is 51.2 Å². The van der Waals surface area contributed by atoms with E-state index in [2.05, 4.69) is 270 Å². The lowest BCUT2D eigenvalue weighted by Crippen LogP contribution is -2.61. The fourth-order valence-corrected chi connectivity index (χ4v) is 18.5. The minimum atomic E-state index is -0.222. The van der Waals surface area contributed by atoms with Crippen molar-refractivity contribution in [2.24, 2.45) is 0 Å². The summed E-state index contributed by atoms with van der Waals surface area (Å²) in [5, 5.41) is 1.23. The number of nitrogens with zero attached hydrogens (tertiary/aromatic N) is 3. The molecule has 0 radical (unpaired) electrons. The quantitative estimate of drug-likeness (QED) is 0.155. The first-order valence-electron chi connectivity index (χ1n) is 33.6. The van der Waals surface area contributed by atoms with E-state index in [1.807, 2.05) is 0 Å². The molecule has 17 rings (SSSR count). The van der Waals surface area contributed by atoms with Crippen LogP contribution in [0.1, 0.15) is 211 Å². The highest BCUT2D eigenvalue weighted by atomic mass is 16.3. The van der Waals surface area contributed by atoms with Gasteiger partial charge >= 0.3 is 0 Å². The SMILES string of the molecule is Cc1ccccc1N(c1ccccc1)c1cc2c3c(c1)N(c1ccc4c(c1)C(C)(C)CCC4(C)C)c1c(oc4cc5c(cc14)C1(C)CCC5(C)CC1)B3c1cc3c(cc1N2c1ccc2c(c1-c1ccccc1)C(C)(C)CCC2(C)C)C(C)(C)CCC3(C)C. The summed E-state index contributed by atoms with van der Waals surface area (Å²) in [6.45, 7) is 37.1. The van der Waals surface area contributed by atoms with Crippen LogP contribution in [0.2, 0.25) is 0 Å². The fourth-order valence-electron chi connectivity index (χ4n) is 18.5. The van der Waals surface area contributed by atoms with Crippen LogP contribution in [0.15, 0.2) is 156 Å². The monoisotopic (exact) mass is 1160 g/mol. The number of benzene rings is 8. The third kappa shape index (κ3) is 7.95. The average Bonchev–Trinajstić information content (AvgIpc) is 1.22. The summed E-state index contributed by atoms with van der Waals surface area (Å²) in [7, 11) is 0. The fraction of sp³-hybridized carbons (Fsp3) is 0.398. The number of para-hydroxylation sites is 2. The normalized spacial score (nSPS) is 23.1. The van der Waals surface area contributed by atoms with Crippen molar-refractivity contribution in [2.45, 2.75) is 211 Å². The van der Waals surface area contributed by atoms with Gasteiger partial charge in [0.2, 0.25) is 0 Å². The Hall–Kier alpha value is -7.24. The van der Waals surface area contributed by atoms with Gasteiger partial charge < -0.3 is 19.1 Å². The molecule has 1 saturated carbocycles. The van der Waals surface area contributed by atoms with Crippen molar-refractivity contribution in [1.82, 2.24) is 0 Å². The Morgan fingerprint density at radius 2 is 0.932 bits per heavy atom. The number of hydrogen-bond donors (Lipinski definition) is 0. The van der Waals surface area contributed by atoms with Crippen LogP contribution < -0.4 is 31.3 Å². The Morgan fingerprint density at radius 1 is 0.409 bits per heavy atom. The van der Waals surface area contributed by atoms with Crippen LogP contribution in [0, 0.1) is 6.92 Å². The van der Waals surface area contributed by atoms with E-state index >= 15 is 0 Å². The summed E-state index contributed by atoms with van der Waals surface area (Å²) in [6.07, 6.45) is 11.7. The van der Waals surface area contributed by atoms with E-state index in [1.54, 1.807) is 0 Å². The number of hydrogen-bond acceptors (Lipinski definition) is 4. The highest BCUT2D eigenvalue weighted by Gasteiger charge is 2.53. The van der Waals surface area contributed by atoms with E-state index in [0.29, 0.717) is 0 Å². The van der Waals surface area contributed by atoms with Crippen molar-refractivity contribution in [3.05, 3.63) is 202 Å². The molecule has 0 amide bonds. The standard InChI is InChI=1S/C83H90BN3O/c1-51-24-22-23-29-65(51)85(53-27-20-17-21-28-53)55-45-68-73-69(46-55)87(66-33-32-58-72(71(66)52-25-18-16-19-26-52)81(12,13)39-38-77(58,4)5)67-49-61-60(79(8,9)36-37-80(61,10)11)48-64(67)84(73)75-74(86(68)54-30-31-57-59(44-54)78(6,7)35-34-76(57,2)3)56-47-62-63(50-70(56)88-75)83(15)42-40-82(62,14)41-43-83/h16-33,44-50H,34-43H2,1-15H3. The minimum absolute atomic E-state index is 0.000259. The number of anilines is 9. The molecule has 8 aromatic carbocycles. The first-order valence-corrected chi connectivity index (χ1v) is 33.6. The number of rotatable bonds is 6. The van der Waals surface area contributed by atoms with Crippen molar-refractivity contribution in [2.75, 3.05) is 14.7 Å². The summed E-state index contributed by atoms with van der Waals surface area (Å²) in [4.78, 5) is 8.07. The molecule has 0 N–H and O–H groups in total. The summed E-state index contributed by atoms with van der Waals surface area (Å²) in [6, 6.07) is 60.2. The maximum atomic E-state index is 8.04. The Kier molecular flexibility index (Phi) is 11.7. The molecule has 2 aliphatic heterocycles. The Bertz CT molecular complexity index is 4410. The first-order chi connectivity index (χ1) is 41.7. The summed E-state index contributed by atoms with van der Waals surface area (Å²) < 4.78 is 8.04. The van der Waals surface area contributed by atoms with Gasteiger partial charge in [0.05, 0.1) is 22.7 Å². The Morgan fingerprint density at radius 3 is 1.57 bits per heavy atom. The zero-order valence-electron chi connectivity index (χ0n) is 55.3. The van der Waals surface area contributed by atoms with Gasteiger partial charge in [0, 0.05) is 45.1 Å². The van der Waals surface area contributed by atoms with Gasteiger partial charge in [-0.15, -0.1) is 0 Å². The number of fused-ring (bicyclic) bond motifs is 11. The molecule has 446 valence electrons. The van der Waals surface area contributed by atoms with Crippen molar-refractivity contribution < 1.29 is 4.42 Å². The first kappa shape index (κ1) is 56.0. The summed E-state index contributed by atoms with van der Waals surface area (Å²) >= 11 is 0. The molecule has 1 aromatic heterocycles. The molecule has 9 aromatic rings. The van der Waals surface area contributed by atoms with E-state index < -0.39 is 0 Å². The van der Waals surface area contributed by atoms with Gasteiger partial charge in [0.15, 0.2) is 0 Å². The van der Waals surface area contributed by atoms with Gasteiger partial charge in [-0.25, -0.2) is 0 Å². The third-order valence-corrected chi connectivity index (χ3v) is 24.5. The van der Waals surface area contributed by atoms with Crippen LogP contribution in [0.5, 0.6) is 0 Å². The lowest BCUT2D eigenvalue weighted by molar-refractivity contribution is 0.188. The summed E-state index contributed by atoms with van der Waals surface area (Å²) in [5.41, 5.74) is 31.2. The summed E-state index contributed by atoms with van der Waals surface area (Å²) in [5.74, 6) is 0. The van der Waals surface area contributed by atoms with E-state index in [9.17, 15) is 0 Å².